The van der Waals surface area contributed by atoms with Crippen LogP contribution in [0.3, 0.4) is 0 Å². The van der Waals surface area contributed by atoms with Gasteiger partial charge in [0, 0.05) is 30.7 Å². The number of nitrogens with one attached hydrogen (secondary N) is 1. The number of rotatable bonds is 10. The van der Waals surface area contributed by atoms with Crippen molar-refractivity contribution in [3.63, 3.8) is 0 Å². The number of carbonyl (C=O) groups excluding carboxylic acids is 1. The van der Waals surface area contributed by atoms with Crippen LogP contribution in [-0.4, -0.2) is 59.8 Å². The van der Waals surface area contributed by atoms with Crippen molar-refractivity contribution < 1.29 is 18.3 Å². The number of thiophene rings is 1. The Kier molecular flexibility index (Phi) is 7.42. The molecule has 0 atom stereocenters. The summed E-state index contributed by atoms with van der Waals surface area (Å²) in [7, 11) is 1.47. The number of nitrogens with zero attached hydrogens (tertiary/aromatic N) is 2. The number of alkyl halides is 2. The SMILES string of the molecule is COCCN(CC(F)F)C(=O)CCSCc1nc2sc3c(c2c(=O)[nH]1)CCC3. The number of hydrogen-bond acceptors (Lipinski definition) is 6. The van der Waals surface area contributed by atoms with Gasteiger partial charge in [-0.3, -0.25) is 9.59 Å². The van der Waals surface area contributed by atoms with Crippen molar-refractivity contribution in [1.29, 1.82) is 0 Å². The molecule has 0 radical (unpaired) electrons. The molecule has 0 aromatic carbocycles. The molecule has 2 heterocycles. The zero-order valence-electron chi connectivity index (χ0n) is 15.6. The van der Waals surface area contributed by atoms with Gasteiger partial charge in [-0.25, -0.2) is 13.8 Å². The van der Waals surface area contributed by atoms with Crippen LogP contribution in [-0.2, 0) is 28.1 Å². The summed E-state index contributed by atoms with van der Waals surface area (Å²) in [6.45, 7) is -0.206. The number of halogens is 2. The Morgan fingerprint density at radius 2 is 2.25 bits per heavy atom. The van der Waals surface area contributed by atoms with E-state index in [1.54, 1.807) is 11.3 Å². The maximum Gasteiger partial charge on any atom is 0.259 e. The first-order chi connectivity index (χ1) is 13.5. The summed E-state index contributed by atoms with van der Waals surface area (Å²) in [6.07, 6.45) is 0.631. The summed E-state index contributed by atoms with van der Waals surface area (Å²) in [5, 5.41) is 0.724. The molecule has 28 heavy (non-hydrogen) atoms. The number of carbonyl (C=O) groups is 1. The predicted molar refractivity (Wildman–Crippen MR) is 108 cm³/mol. The van der Waals surface area contributed by atoms with Crippen LogP contribution in [0.1, 0.15) is 29.1 Å². The minimum Gasteiger partial charge on any atom is -0.383 e. The molecule has 6 nitrogen and oxygen atoms in total. The minimum absolute atomic E-state index is 0.0984. The molecule has 1 amide bonds. The summed E-state index contributed by atoms with van der Waals surface area (Å²) in [6, 6.07) is 0. The highest BCUT2D eigenvalue weighted by molar-refractivity contribution is 7.98. The van der Waals surface area contributed by atoms with Crippen molar-refractivity contribution in [2.45, 2.75) is 37.9 Å². The van der Waals surface area contributed by atoms with Crippen molar-refractivity contribution in [2.75, 3.05) is 32.6 Å². The molecule has 1 aliphatic carbocycles. The van der Waals surface area contributed by atoms with E-state index in [4.69, 9.17) is 4.74 Å². The zero-order valence-corrected chi connectivity index (χ0v) is 17.3. The van der Waals surface area contributed by atoms with E-state index in [2.05, 4.69) is 9.97 Å². The summed E-state index contributed by atoms with van der Waals surface area (Å²) in [5.41, 5.74) is 1.05. The number of aryl methyl sites for hydroxylation is 2. The molecule has 10 heteroatoms. The average molecular weight is 432 g/mol. The molecule has 154 valence electrons. The summed E-state index contributed by atoms with van der Waals surface area (Å²) in [5.74, 6) is 1.19. The van der Waals surface area contributed by atoms with Crippen LogP contribution in [0.4, 0.5) is 8.78 Å². The molecular formula is C18H23F2N3O3S2. The zero-order chi connectivity index (χ0) is 20.1. The lowest BCUT2D eigenvalue weighted by Crippen LogP contribution is -2.37. The molecule has 1 N–H and O–H groups in total. The first-order valence-corrected chi connectivity index (χ1v) is 11.1. The predicted octanol–water partition coefficient (Wildman–Crippen LogP) is 2.84. The van der Waals surface area contributed by atoms with Gasteiger partial charge in [-0.05, 0) is 24.8 Å². The molecule has 2 aromatic rings. The van der Waals surface area contributed by atoms with Gasteiger partial charge in [0.05, 0.1) is 24.3 Å². The first-order valence-electron chi connectivity index (χ1n) is 9.15. The highest BCUT2D eigenvalue weighted by Gasteiger charge is 2.21. The van der Waals surface area contributed by atoms with Crippen LogP contribution in [0, 0.1) is 0 Å². The molecule has 0 saturated carbocycles. The van der Waals surface area contributed by atoms with E-state index >= 15 is 0 Å². The average Bonchev–Trinajstić information content (AvgIpc) is 3.22. The molecule has 2 aromatic heterocycles. The molecule has 3 rings (SSSR count). The van der Waals surface area contributed by atoms with Crippen molar-refractivity contribution in [3.05, 3.63) is 26.6 Å². The third-order valence-electron chi connectivity index (χ3n) is 4.60. The summed E-state index contributed by atoms with van der Waals surface area (Å²) >= 11 is 3.04. The second-order valence-corrected chi connectivity index (χ2v) is 8.77. The molecule has 1 aliphatic rings. The van der Waals surface area contributed by atoms with Crippen LogP contribution < -0.4 is 5.56 Å². The molecule has 0 unspecified atom stereocenters. The van der Waals surface area contributed by atoms with Gasteiger partial charge in [0.1, 0.15) is 10.7 Å². The first kappa shape index (κ1) is 21.2. The van der Waals surface area contributed by atoms with Crippen LogP contribution in [0.2, 0.25) is 0 Å². The normalized spacial score (nSPS) is 13.4. The lowest BCUT2D eigenvalue weighted by molar-refractivity contribution is -0.133. The van der Waals surface area contributed by atoms with E-state index in [0.717, 1.165) is 39.9 Å². The lowest BCUT2D eigenvalue weighted by atomic mass is 10.2. The second-order valence-electron chi connectivity index (χ2n) is 6.58. The summed E-state index contributed by atoms with van der Waals surface area (Å²) in [4.78, 5) is 35.1. The van der Waals surface area contributed by atoms with E-state index in [-0.39, 0.29) is 31.0 Å². The number of H-pyrrole nitrogens is 1. The minimum atomic E-state index is -2.57. The standard InChI is InChI=1S/C18H23F2N3O3S2/c1-26-7-6-23(9-13(19)20)15(24)5-8-27-10-14-21-17(25)16-11-3-2-4-12(11)28-18(16)22-14/h13H,2-10H2,1H3,(H,21,22,25). The topological polar surface area (TPSA) is 75.3 Å². The Bertz CT molecular complexity index is 885. The molecule has 0 aliphatic heterocycles. The largest absolute Gasteiger partial charge is 0.383 e. The Morgan fingerprint density at radius 1 is 1.43 bits per heavy atom. The van der Waals surface area contributed by atoms with Crippen molar-refractivity contribution in [1.82, 2.24) is 14.9 Å². The fourth-order valence-corrected chi connectivity index (χ4v) is 5.36. The maximum absolute atomic E-state index is 12.6. The fraction of sp³-hybridized carbons (Fsp3) is 0.611. The van der Waals surface area contributed by atoms with E-state index in [1.807, 2.05) is 0 Å². The van der Waals surface area contributed by atoms with Crippen molar-refractivity contribution in [2.24, 2.45) is 0 Å². The van der Waals surface area contributed by atoms with Crippen LogP contribution in [0.5, 0.6) is 0 Å². The van der Waals surface area contributed by atoms with Gasteiger partial charge in [0.25, 0.3) is 12.0 Å². The van der Waals surface area contributed by atoms with Gasteiger partial charge >= 0.3 is 0 Å². The molecule has 0 spiro atoms. The van der Waals surface area contributed by atoms with Gasteiger partial charge in [-0.15, -0.1) is 11.3 Å². The van der Waals surface area contributed by atoms with E-state index in [1.165, 1.54) is 23.7 Å². The smallest absolute Gasteiger partial charge is 0.259 e. The van der Waals surface area contributed by atoms with Crippen LogP contribution in [0.25, 0.3) is 10.2 Å². The van der Waals surface area contributed by atoms with Gasteiger partial charge in [-0.1, -0.05) is 0 Å². The molecule has 0 fully saturated rings. The van der Waals surface area contributed by atoms with Gasteiger partial charge < -0.3 is 14.6 Å². The van der Waals surface area contributed by atoms with Gasteiger partial charge in [0.15, 0.2) is 0 Å². The van der Waals surface area contributed by atoms with Crippen molar-refractivity contribution in [3.8, 4) is 0 Å². The number of amides is 1. The quantitative estimate of drug-likeness (QED) is 0.586. The third kappa shape index (κ3) is 5.09. The number of ether oxygens (including phenoxy) is 1. The van der Waals surface area contributed by atoms with Crippen LogP contribution >= 0.6 is 23.1 Å². The number of aromatic amines is 1. The number of methoxy groups -OCH3 is 1. The number of hydrogen-bond donors (Lipinski definition) is 1. The third-order valence-corrected chi connectivity index (χ3v) is 6.76. The highest BCUT2D eigenvalue weighted by Crippen LogP contribution is 2.34. The number of thioether (sulfide) groups is 1. The highest BCUT2D eigenvalue weighted by atomic mass is 32.2. The Hall–Kier alpha value is -1.52. The summed E-state index contributed by atoms with van der Waals surface area (Å²) < 4.78 is 30.1. The maximum atomic E-state index is 12.6. The molecule has 0 saturated heterocycles. The Labute approximate surface area is 169 Å². The monoisotopic (exact) mass is 431 g/mol. The molecule has 0 bridgehead atoms. The van der Waals surface area contributed by atoms with E-state index < -0.39 is 13.0 Å². The van der Waals surface area contributed by atoms with E-state index in [9.17, 15) is 18.4 Å². The Morgan fingerprint density at radius 3 is 3.00 bits per heavy atom. The lowest BCUT2D eigenvalue weighted by Gasteiger charge is -2.21. The van der Waals surface area contributed by atoms with Gasteiger partial charge in [0.2, 0.25) is 5.91 Å². The van der Waals surface area contributed by atoms with Crippen molar-refractivity contribution >= 4 is 39.2 Å². The fourth-order valence-electron chi connectivity index (χ4n) is 3.29. The van der Waals surface area contributed by atoms with Gasteiger partial charge in [-0.2, -0.15) is 11.8 Å². The number of fused-ring (bicyclic) bond motifs is 3. The number of aromatic nitrogens is 2. The Balaban J connectivity index is 1.53. The molecular weight excluding hydrogens is 408 g/mol. The second kappa shape index (κ2) is 9.80. The van der Waals surface area contributed by atoms with E-state index in [0.29, 0.717) is 17.3 Å². The van der Waals surface area contributed by atoms with Crippen LogP contribution in [0.15, 0.2) is 4.79 Å².